The fourth-order valence-corrected chi connectivity index (χ4v) is 4.14. The van der Waals surface area contributed by atoms with Gasteiger partial charge in [-0.05, 0) is 37.5 Å². The van der Waals surface area contributed by atoms with Crippen molar-refractivity contribution < 1.29 is 30.7 Å². The molecule has 0 radical (unpaired) electrons. The van der Waals surface area contributed by atoms with E-state index >= 15 is 0 Å². The van der Waals surface area contributed by atoms with Crippen molar-refractivity contribution in [2.24, 2.45) is 5.10 Å². The lowest BCUT2D eigenvalue weighted by Gasteiger charge is -2.18. The molecule has 2 rings (SSSR count). The van der Waals surface area contributed by atoms with E-state index < -0.39 is 35.9 Å². The van der Waals surface area contributed by atoms with Crippen molar-refractivity contribution in [2.75, 3.05) is 5.01 Å². The zero-order valence-corrected chi connectivity index (χ0v) is 16.0. The molecule has 26 heavy (non-hydrogen) atoms. The first kappa shape index (κ1) is 20.5. The molecule has 9 nitrogen and oxygen atoms in total. The molecule has 1 aromatic carbocycles. The number of carbonyl (C=O) groups is 1. The Balaban J connectivity index is 2.57. The molecule has 1 aliphatic heterocycles. The van der Waals surface area contributed by atoms with Crippen molar-refractivity contribution in [3.05, 3.63) is 17.7 Å². The third-order valence-corrected chi connectivity index (χ3v) is 5.63. The van der Waals surface area contributed by atoms with Crippen LogP contribution in [0.1, 0.15) is 44.6 Å². The summed E-state index contributed by atoms with van der Waals surface area (Å²) in [4.78, 5) is 10.8. The quantitative estimate of drug-likeness (QED) is 0.524. The Morgan fingerprint density at radius 1 is 1.12 bits per heavy atom. The van der Waals surface area contributed by atoms with Crippen LogP contribution >= 0.6 is 0 Å². The average molecular weight is 404 g/mol. The van der Waals surface area contributed by atoms with E-state index in [1.165, 1.54) is 6.92 Å². The van der Waals surface area contributed by atoms with E-state index in [4.69, 9.17) is 4.55 Å². The highest BCUT2D eigenvalue weighted by atomic mass is 32.2. The third-order valence-electron chi connectivity index (χ3n) is 3.93. The average Bonchev–Trinajstić information content (AvgIpc) is 2.85. The molecule has 1 heterocycles. The number of rotatable bonds is 7. The molecule has 0 bridgehead atoms. The predicted molar refractivity (Wildman–Crippen MR) is 94.5 cm³/mol. The zero-order chi connectivity index (χ0) is 19.7. The summed E-state index contributed by atoms with van der Waals surface area (Å²) in [7, 11) is -9.58. The van der Waals surface area contributed by atoms with Crippen molar-refractivity contribution in [1.29, 1.82) is 0 Å². The SMILES string of the molecule is CCCCCC1=NN(c2c(C)cc(S(=O)(=O)O)cc2S(=O)(=O)O)C(=O)C1. The van der Waals surface area contributed by atoms with Crippen LogP contribution in [0.5, 0.6) is 0 Å². The molecular formula is C15H20N2O7S2. The Hall–Kier alpha value is -1.82. The lowest BCUT2D eigenvalue weighted by molar-refractivity contribution is -0.116. The normalized spacial score (nSPS) is 15.5. The fourth-order valence-electron chi connectivity index (χ4n) is 2.71. The van der Waals surface area contributed by atoms with Gasteiger partial charge < -0.3 is 0 Å². The van der Waals surface area contributed by atoms with Gasteiger partial charge in [0, 0.05) is 5.71 Å². The minimum atomic E-state index is -4.88. The lowest BCUT2D eigenvalue weighted by atomic mass is 10.1. The first-order valence-electron chi connectivity index (χ1n) is 7.94. The molecule has 0 saturated carbocycles. The third kappa shape index (κ3) is 4.47. The maximum Gasteiger partial charge on any atom is 0.296 e. The van der Waals surface area contributed by atoms with Gasteiger partial charge in [0.1, 0.15) is 4.90 Å². The Kier molecular flexibility index (Phi) is 5.85. The molecular weight excluding hydrogens is 384 g/mol. The van der Waals surface area contributed by atoms with E-state index in [9.17, 15) is 26.2 Å². The summed E-state index contributed by atoms with van der Waals surface area (Å²) >= 11 is 0. The van der Waals surface area contributed by atoms with E-state index in [0.29, 0.717) is 18.2 Å². The summed E-state index contributed by atoms with van der Waals surface area (Å²) in [6, 6.07) is 1.61. The van der Waals surface area contributed by atoms with Gasteiger partial charge in [-0.2, -0.15) is 26.9 Å². The predicted octanol–water partition coefficient (Wildman–Crippen LogP) is 2.16. The molecule has 0 aromatic heterocycles. The molecule has 1 aromatic rings. The van der Waals surface area contributed by atoms with Gasteiger partial charge in [-0.15, -0.1) is 0 Å². The van der Waals surface area contributed by atoms with Gasteiger partial charge >= 0.3 is 0 Å². The van der Waals surface area contributed by atoms with Crippen molar-refractivity contribution in [1.82, 2.24) is 0 Å². The number of amides is 1. The Morgan fingerprint density at radius 3 is 2.31 bits per heavy atom. The largest absolute Gasteiger partial charge is 0.296 e. The second-order valence-electron chi connectivity index (χ2n) is 6.04. The molecule has 0 atom stereocenters. The summed E-state index contributed by atoms with van der Waals surface area (Å²) in [6.45, 7) is 3.39. The summed E-state index contributed by atoms with van der Waals surface area (Å²) in [5, 5.41) is 5.02. The number of nitrogens with zero attached hydrogens (tertiary/aromatic N) is 2. The summed E-state index contributed by atoms with van der Waals surface area (Å²) in [5.74, 6) is -0.482. The molecule has 11 heteroatoms. The molecule has 0 unspecified atom stereocenters. The van der Waals surface area contributed by atoms with Crippen molar-refractivity contribution in [3.63, 3.8) is 0 Å². The monoisotopic (exact) mass is 404 g/mol. The number of hydrogen-bond donors (Lipinski definition) is 2. The van der Waals surface area contributed by atoms with Crippen LogP contribution in [0.15, 0.2) is 27.0 Å². The maximum atomic E-state index is 12.3. The van der Waals surface area contributed by atoms with Crippen LogP contribution in [0.4, 0.5) is 5.69 Å². The maximum absolute atomic E-state index is 12.3. The molecule has 1 amide bonds. The van der Waals surface area contributed by atoms with Crippen molar-refractivity contribution in [3.8, 4) is 0 Å². The summed E-state index contributed by atoms with van der Waals surface area (Å²) in [6.07, 6.45) is 3.40. The number of unbranched alkanes of at least 4 members (excludes halogenated alkanes) is 2. The van der Waals surface area contributed by atoms with Gasteiger partial charge in [0.05, 0.1) is 17.0 Å². The van der Waals surface area contributed by atoms with Gasteiger partial charge in [-0.3, -0.25) is 13.9 Å². The summed E-state index contributed by atoms with van der Waals surface area (Å²) in [5.41, 5.74) is 0.415. The number of hydrazone groups is 1. The number of carbonyl (C=O) groups excluding carboxylic acids is 1. The Morgan fingerprint density at radius 2 is 1.77 bits per heavy atom. The number of benzene rings is 1. The van der Waals surface area contributed by atoms with Crippen LogP contribution in [0, 0.1) is 6.92 Å². The standard InChI is InChI=1S/C15H20N2O7S2/c1-3-4-5-6-11-8-14(18)17(16-11)15-10(2)7-12(25(19,20)21)9-13(15)26(22,23)24/h7,9H,3-6,8H2,1-2H3,(H,19,20,21)(H,22,23,24). The van der Waals surface area contributed by atoms with E-state index in [1.807, 2.05) is 6.92 Å². The van der Waals surface area contributed by atoms with Gasteiger partial charge in [0.2, 0.25) is 0 Å². The second-order valence-corrected chi connectivity index (χ2v) is 8.85. The molecule has 0 fully saturated rings. The molecule has 1 aliphatic rings. The smallest absolute Gasteiger partial charge is 0.282 e. The highest BCUT2D eigenvalue weighted by molar-refractivity contribution is 7.86. The topological polar surface area (TPSA) is 141 Å². The van der Waals surface area contributed by atoms with Crippen molar-refractivity contribution in [2.45, 2.75) is 55.7 Å². The summed E-state index contributed by atoms with van der Waals surface area (Å²) < 4.78 is 64.8. The molecule has 0 saturated heterocycles. The highest BCUT2D eigenvalue weighted by Gasteiger charge is 2.32. The minimum Gasteiger partial charge on any atom is -0.282 e. The van der Waals surface area contributed by atoms with E-state index in [-0.39, 0.29) is 17.7 Å². The van der Waals surface area contributed by atoms with Crippen LogP contribution in [0.2, 0.25) is 0 Å². The number of anilines is 1. The van der Waals surface area contributed by atoms with Crippen LogP contribution < -0.4 is 5.01 Å². The van der Waals surface area contributed by atoms with Crippen LogP contribution in [0.3, 0.4) is 0 Å². The van der Waals surface area contributed by atoms with E-state index in [1.54, 1.807) is 0 Å². The Labute approximate surface area is 152 Å². The van der Waals surface area contributed by atoms with Crippen LogP contribution in [0.25, 0.3) is 0 Å². The Bertz CT molecular complexity index is 966. The molecule has 0 aliphatic carbocycles. The zero-order valence-electron chi connectivity index (χ0n) is 14.3. The molecule has 2 N–H and O–H groups in total. The molecule has 0 spiro atoms. The van der Waals surface area contributed by atoms with Gasteiger partial charge in [0.15, 0.2) is 0 Å². The fraction of sp³-hybridized carbons (Fsp3) is 0.467. The number of hydrogen-bond acceptors (Lipinski definition) is 6. The number of aryl methyl sites for hydroxylation is 1. The van der Waals surface area contributed by atoms with Crippen molar-refractivity contribution >= 4 is 37.5 Å². The minimum absolute atomic E-state index is 0.0219. The van der Waals surface area contributed by atoms with Gasteiger partial charge in [-0.1, -0.05) is 19.8 Å². The van der Waals surface area contributed by atoms with Crippen LogP contribution in [-0.2, 0) is 25.0 Å². The lowest BCUT2D eigenvalue weighted by Crippen LogP contribution is -2.23. The van der Waals surface area contributed by atoms with E-state index in [0.717, 1.165) is 30.3 Å². The highest BCUT2D eigenvalue weighted by Crippen LogP contribution is 2.34. The van der Waals surface area contributed by atoms with E-state index in [2.05, 4.69) is 5.10 Å². The van der Waals surface area contributed by atoms with Gasteiger partial charge in [0.25, 0.3) is 26.1 Å². The second kappa shape index (κ2) is 7.43. The first-order valence-corrected chi connectivity index (χ1v) is 10.8. The first-order chi connectivity index (χ1) is 11.9. The van der Waals surface area contributed by atoms with Crippen LogP contribution in [-0.4, -0.2) is 37.6 Å². The molecule has 144 valence electrons. The van der Waals surface area contributed by atoms with Gasteiger partial charge in [-0.25, -0.2) is 0 Å².